The van der Waals surface area contributed by atoms with Crippen molar-refractivity contribution in [2.45, 2.75) is 89.2 Å². The molecule has 0 saturated heterocycles. The van der Waals surface area contributed by atoms with Crippen molar-refractivity contribution in [3.8, 4) is 0 Å². The van der Waals surface area contributed by atoms with Crippen molar-refractivity contribution in [3.05, 3.63) is 0 Å². The van der Waals surface area contributed by atoms with Gasteiger partial charge in [-0.15, -0.1) is 0 Å². The standard InChI is InChI=1S/C18H25F9O4/c1-5-13(2,16(19,20)21)12(28)31-11-7-9(14(3,29)17(22,23)24)6-10(8-11)15(4,30)18(25,26)27/h9-11,29-30H,5-8H2,1-4H3. The first kappa shape index (κ1) is 27.8. The maximum Gasteiger partial charge on any atom is 0.417 e. The molecule has 0 aromatic rings. The molecule has 0 spiro atoms. The van der Waals surface area contributed by atoms with E-state index in [9.17, 15) is 54.5 Å². The van der Waals surface area contributed by atoms with Crippen LogP contribution in [0, 0.1) is 17.3 Å². The summed E-state index contributed by atoms with van der Waals surface area (Å²) in [6.45, 7) is 2.15. The van der Waals surface area contributed by atoms with E-state index in [2.05, 4.69) is 0 Å². The average Bonchev–Trinajstić information content (AvgIpc) is 2.57. The van der Waals surface area contributed by atoms with E-state index in [0.717, 1.165) is 6.92 Å². The highest BCUT2D eigenvalue weighted by atomic mass is 19.4. The Bertz CT molecular complexity index is 618. The lowest BCUT2D eigenvalue weighted by Crippen LogP contribution is -2.57. The number of hydrogen-bond acceptors (Lipinski definition) is 4. The van der Waals surface area contributed by atoms with Crippen LogP contribution in [0.1, 0.15) is 53.4 Å². The Morgan fingerprint density at radius 1 is 0.774 bits per heavy atom. The first-order valence-electron chi connectivity index (χ1n) is 9.38. The van der Waals surface area contributed by atoms with Gasteiger partial charge < -0.3 is 14.9 Å². The number of aliphatic hydroxyl groups is 2. The van der Waals surface area contributed by atoms with E-state index in [0.29, 0.717) is 20.8 Å². The minimum absolute atomic E-state index is 0.313. The highest BCUT2D eigenvalue weighted by Crippen LogP contribution is 2.51. The Hall–Kier alpha value is -1.24. The normalized spacial score (nSPS) is 29.5. The number of ether oxygens (including phenoxy) is 1. The van der Waals surface area contributed by atoms with Gasteiger partial charge in [0, 0.05) is 11.8 Å². The largest absolute Gasteiger partial charge is 0.462 e. The number of halogens is 9. The Kier molecular flexibility index (Phi) is 7.42. The number of carbonyl (C=O) groups is 1. The summed E-state index contributed by atoms with van der Waals surface area (Å²) in [5.74, 6) is -5.81. The monoisotopic (exact) mass is 476 g/mol. The Labute approximate surface area is 172 Å². The second-order valence-electron chi connectivity index (χ2n) is 8.60. The lowest BCUT2D eigenvalue weighted by atomic mass is 9.67. The fourth-order valence-corrected chi connectivity index (χ4v) is 3.49. The molecule has 31 heavy (non-hydrogen) atoms. The molecule has 5 unspecified atom stereocenters. The van der Waals surface area contributed by atoms with Gasteiger partial charge in [-0.3, -0.25) is 4.79 Å². The van der Waals surface area contributed by atoms with Crippen LogP contribution in [-0.2, 0) is 9.53 Å². The predicted octanol–water partition coefficient (Wildman–Crippen LogP) is 4.92. The topological polar surface area (TPSA) is 66.8 Å². The lowest BCUT2D eigenvalue weighted by molar-refractivity contribution is -0.300. The smallest absolute Gasteiger partial charge is 0.417 e. The Morgan fingerprint density at radius 3 is 1.39 bits per heavy atom. The molecule has 1 fully saturated rings. The van der Waals surface area contributed by atoms with Gasteiger partial charge in [0.1, 0.15) is 6.10 Å². The van der Waals surface area contributed by atoms with Gasteiger partial charge in [0.2, 0.25) is 0 Å². The molecular formula is C18H25F9O4. The molecule has 1 aliphatic carbocycles. The molecule has 0 amide bonds. The summed E-state index contributed by atoms with van der Waals surface area (Å²) >= 11 is 0. The number of carbonyl (C=O) groups excluding carboxylic acids is 1. The van der Waals surface area contributed by atoms with Gasteiger partial charge in [0.05, 0.1) is 0 Å². The van der Waals surface area contributed by atoms with Crippen molar-refractivity contribution in [1.82, 2.24) is 0 Å². The van der Waals surface area contributed by atoms with Gasteiger partial charge in [-0.2, -0.15) is 39.5 Å². The molecule has 1 aliphatic rings. The average molecular weight is 476 g/mol. The molecule has 1 rings (SSSR count). The summed E-state index contributed by atoms with van der Waals surface area (Å²) in [6.07, 6.45) is -20.9. The fourth-order valence-electron chi connectivity index (χ4n) is 3.49. The maximum atomic E-state index is 13.3. The highest BCUT2D eigenvalue weighted by Gasteiger charge is 2.62. The third kappa shape index (κ3) is 5.23. The van der Waals surface area contributed by atoms with Crippen LogP contribution in [-0.4, -0.2) is 52.0 Å². The second kappa shape index (κ2) is 8.27. The third-order valence-corrected chi connectivity index (χ3v) is 6.46. The van der Waals surface area contributed by atoms with Gasteiger partial charge in [-0.25, -0.2) is 0 Å². The van der Waals surface area contributed by atoms with Crippen LogP contribution in [0.3, 0.4) is 0 Å². The number of esters is 1. The molecule has 5 atom stereocenters. The Morgan fingerprint density at radius 2 is 1.13 bits per heavy atom. The van der Waals surface area contributed by atoms with Crippen LogP contribution in [0.4, 0.5) is 39.5 Å². The minimum atomic E-state index is -5.29. The van der Waals surface area contributed by atoms with E-state index >= 15 is 0 Å². The summed E-state index contributed by atoms with van der Waals surface area (Å²) < 4.78 is 124. The summed E-state index contributed by atoms with van der Waals surface area (Å²) in [7, 11) is 0. The molecule has 1 saturated carbocycles. The molecule has 0 aromatic heterocycles. The summed E-state index contributed by atoms with van der Waals surface area (Å²) in [5, 5.41) is 19.9. The minimum Gasteiger partial charge on any atom is -0.462 e. The molecular weight excluding hydrogens is 451 g/mol. The summed E-state index contributed by atoms with van der Waals surface area (Å²) in [5.41, 5.74) is -10.1. The van der Waals surface area contributed by atoms with E-state index < -0.39 is 84.7 Å². The molecule has 4 nitrogen and oxygen atoms in total. The van der Waals surface area contributed by atoms with Crippen LogP contribution >= 0.6 is 0 Å². The number of hydrogen-bond donors (Lipinski definition) is 2. The van der Waals surface area contributed by atoms with Crippen LogP contribution in [0.25, 0.3) is 0 Å². The van der Waals surface area contributed by atoms with Crippen molar-refractivity contribution in [2.24, 2.45) is 17.3 Å². The number of rotatable bonds is 5. The van der Waals surface area contributed by atoms with Crippen molar-refractivity contribution >= 4 is 5.97 Å². The van der Waals surface area contributed by atoms with E-state index in [1.807, 2.05) is 0 Å². The zero-order chi connectivity index (χ0) is 24.8. The van der Waals surface area contributed by atoms with E-state index in [1.165, 1.54) is 0 Å². The summed E-state index contributed by atoms with van der Waals surface area (Å²) in [6, 6.07) is 0. The quantitative estimate of drug-likeness (QED) is 0.437. The van der Waals surface area contributed by atoms with Crippen molar-refractivity contribution in [1.29, 1.82) is 0 Å². The zero-order valence-electron chi connectivity index (χ0n) is 17.2. The van der Waals surface area contributed by atoms with Crippen LogP contribution in [0.2, 0.25) is 0 Å². The van der Waals surface area contributed by atoms with Gasteiger partial charge in [-0.1, -0.05) is 6.92 Å². The predicted molar refractivity (Wildman–Crippen MR) is 88.5 cm³/mol. The first-order valence-corrected chi connectivity index (χ1v) is 9.38. The van der Waals surface area contributed by atoms with Crippen molar-refractivity contribution in [3.63, 3.8) is 0 Å². The number of alkyl halides is 9. The highest BCUT2D eigenvalue weighted by molar-refractivity contribution is 5.77. The third-order valence-electron chi connectivity index (χ3n) is 6.46. The van der Waals surface area contributed by atoms with Gasteiger partial charge >= 0.3 is 24.5 Å². The summed E-state index contributed by atoms with van der Waals surface area (Å²) in [4.78, 5) is 12.2. The molecule has 0 radical (unpaired) electrons. The SMILES string of the molecule is CCC(C)(C(=O)OC1CC(C(C)(O)C(F)(F)F)CC(C(C)(O)C(F)(F)F)C1)C(F)(F)F. The zero-order valence-corrected chi connectivity index (χ0v) is 17.2. The lowest BCUT2D eigenvalue weighted by Gasteiger charge is -2.46. The second-order valence-corrected chi connectivity index (χ2v) is 8.60. The first-order chi connectivity index (χ1) is 13.5. The van der Waals surface area contributed by atoms with Crippen LogP contribution < -0.4 is 0 Å². The molecule has 13 heteroatoms. The molecule has 0 aliphatic heterocycles. The molecule has 0 aromatic carbocycles. The van der Waals surface area contributed by atoms with Crippen LogP contribution in [0.15, 0.2) is 0 Å². The molecule has 2 N–H and O–H groups in total. The van der Waals surface area contributed by atoms with Crippen molar-refractivity contribution < 1.29 is 59.3 Å². The van der Waals surface area contributed by atoms with Gasteiger partial charge in [0.25, 0.3) is 0 Å². The maximum absolute atomic E-state index is 13.3. The van der Waals surface area contributed by atoms with Crippen molar-refractivity contribution in [2.75, 3.05) is 0 Å². The molecule has 0 heterocycles. The van der Waals surface area contributed by atoms with Gasteiger partial charge in [0.15, 0.2) is 16.6 Å². The Balaban J connectivity index is 3.33. The van der Waals surface area contributed by atoms with Crippen LogP contribution in [0.5, 0.6) is 0 Å². The van der Waals surface area contributed by atoms with E-state index in [1.54, 1.807) is 0 Å². The van der Waals surface area contributed by atoms with E-state index in [4.69, 9.17) is 4.74 Å². The van der Waals surface area contributed by atoms with Gasteiger partial charge in [-0.05, 0) is 46.5 Å². The molecule has 0 bridgehead atoms. The fraction of sp³-hybridized carbons (Fsp3) is 0.944. The van der Waals surface area contributed by atoms with E-state index in [-0.39, 0.29) is 0 Å². The molecule has 184 valence electrons.